The summed E-state index contributed by atoms with van der Waals surface area (Å²) in [5.41, 5.74) is 2.25. The molecule has 0 bridgehead atoms. The maximum atomic E-state index is 9.24. The predicted octanol–water partition coefficient (Wildman–Crippen LogP) is 1.65. The molecule has 1 heterocycles. The molecule has 0 amide bonds. The van der Waals surface area contributed by atoms with Gasteiger partial charge in [-0.1, -0.05) is 30.7 Å². The molecule has 1 fully saturated rings. The molecule has 0 aliphatic carbocycles. The fraction of sp³-hybridized carbons (Fsp3) is 0.571. The second-order valence-electron chi connectivity index (χ2n) is 4.65. The van der Waals surface area contributed by atoms with Gasteiger partial charge in [0.2, 0.25) is 0 Å². The van der Waals surface area contributed by atoms with Gasteiger partial charge in [-0.15, -0.1) is 0 Å². The quantitative estimate of drug-likeness (QED) is 0.863. The molecule has 1 unspecified atom stereocenters. The molecule has 0 saturated carbocycles. The van der Waals surface area contributed by atoms with Crippen molar-refractivity contribution in [1.82, 2.24) is 5.32 Å². The Labute approximate surface area is 119 Å². The maximum absolute atomic E-state index is 9.24. The average Bonchev–Trinajstić information content (AvgIpc) is 2.45. The van der Waals surface area contributed by atoms with E-state index in [0.717, 1.165) is 30.3 Å². The van der Waals surface area contributed by atoms with Crippen molar-refractivity contribution in [3.05, 3.63) is 28.8 Å². The van der Waals surface area contributed by atoms with Crippen molar-refractivity contribution in [3.8, 4) is 0 Å². The van der Waals surface area contributed by atoms with E-state index in [1.807, 2.05) is 12.1 Å². The number of para-hydroxylation sites is 1. The van der Waals surface area contributed by atoms with E-state index in [4.69, 9.17) is 16.3 Å². The van der Waals surface area contributed by atoms with Crippen molar-refractivity contribution >= 4 is 17.3 Å². The fourth-order valence-electron chi connectivity index (χ4n) is 2.35. The molecule has 1 aromatic carbocycles. The number of benzene rings is 1. The lowest BCUT2D eigenvalue weighted by molar-refractivity contribution is 0.00353. The molecule has 0 radical (unpaired) electrons. The summed E-state index contributed by atoms with van der Waals surface area (Å²) in [6, 6.07) is 5.98. The van der Waals surface area contributed by atoms with E-state index in [1.54, 1.807) is 0 Å². The molecular formula is C14H21ClN2O2. The summed E-state index contributed by atoms with van der Waals surface area (Å²) in [5.74, 6) is 0. The number of anilines is 1. The Kier molecular flexibility index (Phi) is 5.45. The van der Waals surface area contributed by atoms with Crippen molar-refractivity contribution in [2.75, 3.05) is 37.7 Å². The fourth-order valence-corrected chi connectivity index (χ4v) is 2.66. The molecule has 4 nitrogen and oxygen atoms in total. The van der Waals surface area contributed by atoms with Crippen molar-refractivity contribution in [3.63, 3.8) is 0 Å². The van der Waals surface area contributed by atoms with Crippen LogP contribution in [0.3, 0.4) is 0 Å². The summed E-state index contributed by atoms with van der Waals surface area (Å²) >= 11 is 6.36. The third-order valence-electron chi connectivity index (χ3n) is 3.29. The van der Waals surface area contributed by atoms with Gasteiger partial charge in [-0.2, -0.15) is 0 Å². The van der Waals surface area contributed by atoms with Gasteiger partial charge in [0.25, 0.3) is 0 Å². The molecular weight excluding hydrogens is 264 g/mol. The minimum Gasteiger partial charge on any atom is -0.394 e. The normalized spacial score (nSPS) is 19.7. The maximum Gasteiger partial charge on any atom is 0.0980 e. The number of nitrogens with one attached hydrogen (secondary N) is 1. The first-order valence-corrected chi connectivity index (χ1v) is 7.09. The number of ether oxygens (including phenoxy) is 1. The number of morpholine rings is 1. The van der Waals surface area contributed by atoms with Crippen LogP contribution in [0.5, 0.6) is 0 Å². The minimum absolute atomic E-state index is 0.0451. The SMILES string of the molecule is CCNCc1cccc(Cl)c1N1CCOC(CO)C1. The van der Waals surface area contributed by atoms with Gasteiger partial charge in [0.15, 0.2) is 0 Å². The van der Waals surface area contributed by atoms with Crippen LogP contribution in [-0.4, -0.2) is 44.1 Å². The summed E-state index contributed by atoms with van der Waals surface area (Å²) in [6.45, 7) is 5.96. The summed E-state index contributed by atoms with van der Waals surface area (Å²) < 4.78 is 5.49. The first-order chi connectivity index (χ1) is 9.26. The second kappa shape index (κ2) is 7.10. The predicted molar refractivity (Wildman–Crippen MR) is 77.9 cm³/mol. The molecule has 1 aromatic rings. The summed E-state index contributed by atoms with van der Waals surface area (Å²) in [5, 5.41) is 13.3. The van der Waals surface area contributed by atoms with Crippen LogP contribution in [0.4, 0.5) is 5.69 Å². The zero-order valence-electron chi connectivity index (χ0n) is 11.2. The Bertz CT molecular complexity index is 414. The van der Waals surface area contributed by atoms with Gasteiger partial charge in [-0.25, -0.2) is 0 Å². The molecule has 1 atom stereocenters. The van der Waals surface area contributed by atoms with Crippen LogP contribution in [0.25, 0.3) is 0 Å². The van der Waals surface area contributed by atoms with Crippen LogP contribution in [0.15, 0.2) is 18.2 Å². The number of halogens is 1. The zero-order valence-corrected chi connectivity index (χ0v) is 12.0. The van der Waals surface area contributed by atoms with Crippen LogP contribution < -0.4 is 10.2 Å². The standard InChI is InChI=1S/C14H21ClN2O2/c1-2-16-8-11-4-3-5-13(15)14(11)17-6-7-19-12(9-17)10-18/h3-5,12,16,18H,2,6-10H2,1H3. The highest BCUT2D eigenvalue weighted by Crippen LogP contribution is 2.31. The van der Waals surface area contributed by atoms with Gasteiger partial charge < -0.3 is 20.1 Å². The average molecular weight is 285 g/mol. The van der Waals surface area contributed by atoms with Crippen molar-refractivity contribution in [2.24, 2.45) is 0 Å². The Balaban J connectivity index is 2.21. The van der Waals surface area contributed by atoms with E-state index in [-0.39, 0.29) is 12.7 Å². The van der Waals surface area contributed by atoms with Crippen LogP contribution in [0.1, 0.15) is 12.5 Å². The van der Waals surface area contributed by atoms with Crippen LogP contribution in [-0.2, 0) is 11.3 Å². The van der Waals surface area contributed by atoms with E-state index in [0.29, 0.717) is 13.2 Å². The molecule has 0 aromatic heterocycles. The third kappa shape index (κ3) is 3.60. The van der Waals surface area contributed by atoms with E-state index in [1.165, 1.54) is 5.56 Å². The van der Waals surface area contributed by atoms with Crippen LogP contribution in [0.2, 0.25) is 5.02 Å². The molecule has 1 aliphatic heterocycles. The van der Waals surface area contributed by atoms with Crippen molar-refractivity contribution in [2.45, 2.75) is 19.6 Å². The minimum atomic E-state index is -0.128. The molecule has 5 heteroatoms. The molecule has 1 saturated heterocycles. The van der Waals surface area contributed by atoms with E-state index >= 15 is 0 Å². The van der Waals surface area contributed by atoms with Gasteiger partial charge >= 0.3 is 0 Å². The van der Waals surface area contributed by atoms with Gasteiger partial charge in [0, 0.05) is 19.6 Å². The van der Waals surface area contributed by atoms with E-state index < -0.39 is 0 Å². The Morgan fingerprint density at radius 3 is 3.11 bits per heavy atom. The lowest BCUT2D eigenvalue weighted by Gasteiger charge is -2.35. The van der Waals surface area contributed by atoms with Gasteiger partial charge in [0.1, 0.15) is 0 Å². The molecule has 2 N–H and O–H groups in total. The van der Waals surface area contributed by atoms with E-state index in [9.17, 15) is 5.11 Å². The lowest BCUT2D eigenvalue weighted by atomic mass is 10.1. The molecule has 0 spiro atoms. The highest BCUT2D eigenvalue weighted by molar-refractivity contribution is 6.33. The Morgan fingerprint density at radius 1 is 1.53 bits per heavy atom. The summed E-state index contributed by atoms with van der Waals surface area (Å²) in [6.07, 6.45) is -0.128. The zero-order chi connectivity index (χ0) is 13.7. The van der Waals surface area contributed by atoms with Crippen LogP contribution in [0, 0.1) is 0 Å². The smallest absolute Gasteiger partial charge is 0.0980 e. The molecule has 106 valence electrons. The summed E-state index contributed by atoms with van der Waals surface area (Å²) in [7, 11) is 0. The number of nitrogens with zero attached hydrogens (tertiary/aromatic N) is 1. The monoisotopic (exact) mass is 284 g/mol. The first kappa shape index (κ1) is 14.6. The third-order valence-corrected chi connectivity index (χ3v) is 3.60. The molecule has 19 heavy (non-hydrogen) atoms. The number of hydrogen-bond donors (Lipinski definition) is 2. The highest BCUT2D eigenvalue weighted by Gasteiger charge is 2.23. The molecule has 1 aliphatic rings. The van der Waals surface area contributed by atoms with E-state index in [2.05, 4.69) is 23.2 Å². The topological polar surface area (TPSA) is 44.7 Å². The Hall–Kier alpha value is -0.810. The van der Waals surface area contributed by atoms with Gasteiger partial charge in [-0.05, 0) is 18.2 Å². The number of hydrogen-bond acceptors (Lipinski definition) is 4. The highest BCUT2D eigenvalue weighted by atomic mass is 35.5. The van der Waals surface area contributed by atoms with Crippen molar-refractivity contribution < 1.29 is 9.84 Å². The number of aliphatic hydroxyl groups excluding tert-OH is 1. The number of aliphatic hydroxyl groups is 1. The largest absolute Gasteiger partial charge is 0.394 e. The van der Waals surface area contributed by atoms with Crippen LogP contribution >= 0.6 is 11.6 Å². The molecule has 2 rings (SSSR count). The van der Waals surface area contributed by atoms with Crippen molar-refractivity contribution in [1.29, 1.82) is 0 Å². The Morgan fingerprint density at radius 2 is 2.37 bits per heavy atom. The lowest BCUT2D eigenvalue weighted by Crippen LogP contribution is -2.44. The van der Waals surface area contributed by atoms with Gasteiger partial charge in [0.05, 0.1) is 30.0 Å². The first-order valence-electron chi connectivity index (χ1n) is 6.71. The van der Waals surface area contributed by atoms with Gasteiger partial charge in [-0.3, -0.25) is 0 Å². The summed E-state index contributed by atoms with van der Waals surface area (Å²) in [4.78, 5) is 2.21. The number of rotatable bonds is 5. The second-order valence-corrected chi connectivity index (χ2v) is 5.06.